The van der Waals surface area contributed by atoms with E-state index in [2.05, 4.69) is 0 Å². The highest BCUT2D eigenvalue weighted by atomic mass is 35.5. The molecule has 0 aliphatic heterocycles. The van der Waals surface area contributed by atoms with Gasteiger partial charge in [0.05, 0.1) is 4.90 Å². The van der Waals surface area contributed by atoms with E-state index in [0.717, 1.165) is 5.56 Å². The zero-order valence-electron chi connectivity index (χ0n) is 13.1. The molecule has 0 N–H and O–H groups in total. The van der Waals surface area contributed by atoms with Crippen molar-refractivity contribution in [1.29, 1.82) is 0 Å². The van der Waals surface area contributed by atoms with Gasteiger partial charge in [0.25, 0.3) is 0 Å². The predicted octanol–water partition coefficient (Wildman–Crippen LogP) is 4.29. The zero-order valence-corrected chi connectivity index (χ0v) is 14.7. The standard InChI is InChI=1S/C18H13ClO5S/c1-12-11-13(7-8-15(12)19)23-18(20)16-9-10-17(24-16)25(21,22)14-5-3-2-4-6-14/h2-11H,1H3. The molecule has 7 heteroatoms. The van der Waals surface area contributed by atoms with E-state index in [9.17, 15) is 13.2 Å². The van der Waals surface area contributed by atoms with Crippen LogP contribution in [0.3, 0.4) is 0 Å². The van der Waals surface area contributed by atoms with E-state index in [0.29, 0.717) is 5.02 Å². The van der Waals surface area contributed by atoms with Gasteiger partial charge in [-0.05, 0) is 55.0 Å². The van der Waals surface area contributed by atoms with Crippen LogP contribution in [-0.4, -0.2) is 14.4 Å². The van der Waals surface area contributed by atoms with Crippen LogP contribution in [0.4, 0.5) is 0 Å². The highest BCUT2D eigenvalue weighted by Gasteiger charge is 2.24. The molecule has 1 heterocycles. The number of sulfone groups is 1. The van der Waals surface area contributed by atoms with E-state index in [1.54, 1.807) is 37.3 Å². The van der Waals surface area contributed by atoms with E-state index >= 15 is 0 Å². The van der Waals surface area contributed by atoms with Crippen LogP contribution < -0.4 is 4.74 Å². The molecule has 0 amide bonds. The van der Waals surface area contributed by atoms with Crippen molar-refractivity contribution in [3.63, 3.8) is 0 Å². The molecule has 5 nitrogen and oxygen atoms in total. The summed E-state index contributed by atoms with van der Waals surface area (Å²) in [7, 11) is -3.83. The van der Waals surface area contributed by atoms with Crippen molar-refractivity contribution in [2.24, 2.45) is 0 Å². The van der Waals surface area contributed by atoms with Gasteiger partial charge in [0.2, 0.25) is 20.7 Å². The van der Waals surface area contributed by atoms with E-state index in [-0.39, 0.29) is 21.5 Å². The minimum atomic E-state index is -3.83. The fourth-order valence-electron chi connectivity index (χ4n) is 2.13. The van der Waals surface area contributed by atoms with Gasteiger partial charge in [0.15, 0.2) is 0 Å². The molecule has 0 saturated heterocycles. The summed E-state index contributed by atoms with van der Waals surface area (Å²) in [5.41, 5.74) is 0.749. The van der Waals surface area contributed by atoms with Crippen molar-refractivity contribution in [3.05, 3.63) is 77.0 Å². The van der Waals surface area contributed by atoms with Crippen LogP contribution in [0.25, 0.3) is 0 Å². The maximum absolute atomic E-state index is 12.4. The average Bonchev–Trinajstić information content (AvgIpc) is 3.10. The van der Waals surface area contributed by atoms with Crippen molar-refractivity contribution in [2.75, 3.05) is 0 Å². The molecule has 0 atom stereocenters. The van der Waals surface area contributed by atoms with Gasteiger partial charge in [-0.2, -0.15) is 0 Å². The molecule has 0 bridgehead atoms. The van der Waals surface area contributed by atoms with Crippen molar-refractivity contribution in [3.8, 4) is 5.75 Å². The number of halogens is 1. The van der Waals surface area contributed by atoms with Crippen LogP contribution in [0, 0.1) is 6.92 Å². The number of furan rings is 1. The second kappa shape index (κ2) is 6.74. The summed E-state index contributed by atoms with van der Waals surface area (Å²) in [6.45, 7) is 1.77. The second-order valence-electron chi connectivity index (χ2n) is 5.24. The molecule has 3 rings (SSSR count). The monoisotopic (exact) mass is 376 g/mol. The van der Waals surface area contributed by atoms with Crippen molar-refractivity contribution < 1.29 is 22.4 Å². The topological polar surface area (TPSA) is 73.6 Å². The first-order valence-corrected chi connectivity index (χ1v) is 9.12. The van der Waals surface area contributed by atoms with Gasteiger partial charge in [0, 0.05) is 5.02 Å². The second-order valence-corrected chi connectivity index (χ2v) is 7.52. The summed E-state index contributed by atoms with van der Waals surface area (Å²) in [6.07, 6.45) is 0. The maximum Gasteiger partial charge on any atom is 0.379 e. The molecule has 1 aromatic heterocycles. The molecular formula is C18H13ClO5S. The van der Waals surface area contributed by atoms with Gasteiger partial charge in [-0.1, -0.05) is 29.8 Å². The lowest BCUT2D eigenvalue weighted by molar-refractivity contribution is 0.0695. The van der Waals surface area contributed by atoms with Gasteiger partial charge in [-0.25, -0.2) is 13.2 Å². The van der Waals surface area contributed by atoms with E-state index in [4.69, 9.17) is 20.8 Å². The number of esters is 1. The Morgan fingerprint density at radius 3 is 2.44 bits per heavy atom. The number of benzene rings is 2. The number of hydrogen-bond acceptors (Lipinski definition) is 5. The van der Waals surface area contributed by atoms with Gasteiger partial charge in [-0.15, -0.1) is 0 Å². The fraction of sp³-hybridized carbons (Fsp3) is 0.0556. The number of carbonyl (C=O) groups excluding carboxylic acids is 1. The Labute approximate surface area is 149 Å². The molecule has 3 aromatic rings. The summed E-state index contributed by atoms with van der Waals surface area (Å²) >= 11 is 5.92. The van der Waals surface area contributed by atoms with Gasteiger partial charge >= 0.3 is 5.97 Å². The van der Waals surface area contributed by atoms with Gasteiger partial charge in [0.1, 0.15) is 5.75 Å². The Morgan fingerprint density at radius 1 is 1.04 bits per heavy atom. The molecule has 0 aliphatic rings. The van der Waals surface area contributed by atoms with Crippen molar-refractivity contribution in [2.45, 2.75) is 16.9 Å². The van der Waals surface area contributed by atoms with Crippen LogP contribution in [0.5, 0.6) is 5.75 Å². The summed E-state index contributed by atoms with van der Waals surface area (Å²) in [4.78, 5) is 12.2. The molecule has 128 valence electrons. The molecule has 2 aromatic carbocycles. The van der Waals surface area contributed by atoms with Crippen LogP contribution in [0.2, 0.25) is 5.02 Å². The largest absolute Gasteiger partial charge is 0.437 e. The SMILES string of the molecule is Cc1cc(OC(=O)c2ccc(S(=O)(=O)c3ccccc3)o2)ccc1Cl. The number of aryl methyl sites for hydroxylation is 1. The minimum Gasteiger partial charge on any atom is -0.437 e. The van der Waals surface area contributed by atoms with Crippen LogP contribution in [0.1, 0.15) is 16.1 Å². The molecule has 0 unspecified atom stereocenters. The molecule has 0 radical (unpaired) electrons. The van der Waals surface area contributed by atoms with E-state index in [1.807, 2.05) is 0 Å². The third-order valence-corrected chi connectivity index (χ3v) is 5.51. The van der Waals surface area contributed by atoms with Crippen LogP contribution >= 0.6 is 11.6 Å². The molecule has 25 heavy (non-hydrogen) atoms. The predicted molar refractivity (Wildman–Crippen MR) is 91.7 cm³/mol. The maximum atomic E-state index is 12.4. The third-order valence-electron chi connectivity index (χ3n) is 3.44. The van der Waals surface area contributed by atoms with Crippen molar-refractivity contribution >= 4 is 27.4 Å². The smallest absolute Gasteiger partial charge is 0.379 e. The number of ether oxygens (including phenoxy) is 1. The van der Waals surface area contributed by atoms with Crippen molar-refractivity contribution in [1.82, 2.24) is 0 Å². The fourth-order valence-corrected chi connectivity index (χ4v) is 3.44. The van der Waals surface area contributed by atoms with Gasteiger partial charge in [-0.3, -0.25) is 0 Å². The van der Waals surface area contributed by atoms with Gasteiger partial charge < -0.3 is 9.15 Å². The highest BCUT2D eigenvalue weighted by Crippen LogP contribution is 2.25. The number of carbonyl (C=O) groups is 1. The minimum absolute atomic E-state index is 0.0811. The third kappa shape index (κ3) is 3.60. The Hall–Kier alpha value is -2.57. The average molecular weight is 377 g/mol. The lowest BCUT2D eigenvalue weighted by atomic mass is 10.2. The Kier molecular flexibility index (Phi) is 4.65. The molecule has 0 aliphatic carbocycles. The summed E-state index contributed by atoms with van der Waals surface area (Å²) < 4.78 is 35.3. The summed E-state index contributed by atoms with van der Waals surface area (Å²) in [5, 5.41) is 0.229. The number of hydrogen-bond donors (Lipinski definition) is 0. The Morgan fingerprint density at radius 2 is 1.76 bits per heavy atom. The zero-order chi connectivity index (χ0) is 18.0. The normalized spacial score (nSPS) is 11.3. The Balaban J connectivity index is 1.83. The molecule has 0 fully saturated rings. The first-order chi connectivity index (χ1) is 11.9. The molecule has 0 spiro atoms. The molecule has 0 saturated carbocycles. The summed E-state index contributed by atoms with van der Waals surface area (Å²) in [5.74, 6) is -0.714. The lowest BCUT2D eigenvalue weighted by Gasteiger charge is -2.04. The number of rotatable bonds is 4. The quantitative estimate of drug-likeness (QED) is 0.501. The Bertz CT molecular complexity index is 1020. The van der Waals surface area contributed by atoms with Crippen LogP contribution in [-0.2, 0) is 9.84 Å². The highest BCUT2D eigenvalue weighted by molar-refractivity contribution is 7.91. The first kappa shape index (κ1) is 17.3. The van der Waals surface area contributed by atoms with E-state index < -0.39 is 15.8 Å². The molecular weight excluding hydrogens is 364 g/mol. The summed E-state index contributed by atoms with van der Waals surface area (Å²) in [6, 6.07) is 15.1. The van der Waals surface area contributed by atoms with Crippen LogP contribution in [0.15, 0.2) is 75.1 Å². The van der Waals surface area contributed by atoms with E-state index in [1.165, 1.54) is 30.3 Å². The lowest BCUT2D eigenvalue weighted by Crippen LogP contribution is -2.07. The first-order valence-electron chi connectivity index (χ1n) is 7.26.